The van der Waals surface area contributed by atoms with Crippen molar-refractivity contribution in [3.05, 3.63) is 35.9 Å². The summed E-state index contributed by atoms with van der Waals surface area (Å²) in [6.45, 7) is 3.14. The summed E-state index contributed by atoms with van der Waals surface area (Å²) >= 11 is 0. The molecule has 0 aliphatic carbocycles. The van der Waals surface area contributed by atoms with Crippen molar-refractivity contribution in [2.24, 2.45) is 11.7 Å². The lowest BCUT2D eigenvalue weighted by Crippen LogP contribution is -2.51. The lowest BCUT2D eigenvalue weighted by molar-refractivity contribution is -0.136. The highest BCUT2D eigenvalue weighted by Gasteiger charge is 2.30. The molecule has 2 fully saturated rings. The van der Waals surface area contributed by atoms with Crippen molar-refractivity contribution in [2.45, 2.75) is 57.6 Å². The van der Waals surface area contributed by atoms with Gasteiger partial charge in [0.15, 0.2) is 5.96 Å². The van der Waals surface area contributed by atoms with Gasteiger partial charge in [0.1, 0.15) is 12.6 Å². The number of hydrogen-bond donors (Lipinski definition) is 4. The summed E-state index contributed by atoms with van der Waals surface area (Å²) in [7, 11) is 0. The van der Waals surface area contributed by atoms with Gasteiger partial charge in [-0.2, -0.15) is 0 Å². The van der Waals surface area contributed by atoms with E-state index in [9.17, 15) is 14.4 Å². The van der Waals surface area contributed by atoms with E-state index in [1.165, 1.54) is 0 Å². The van der Waals surface area contributed by atoms with Crippen LogP contribution >= 0.6 is 12.4 Å². The van der Waals surface area contributed by atoms with Crippen LogP contribution in [-0.2, 0) is 20.9 Å². The largest absolute Gasteiger partial charge is 0.445 e. The average Bonchev–Trinajstić information content (AvgIpc) is 3.16. The third kappa shape index (κ3) is 9.56. The molecule has 3 amide bonds. The first-order chi connectivity index (χ1) is 16.9. The minimum Gasteiger partial charge on any atom is -0.445 e. The summed E-state index contributed by atoms with van der Waals surface area (Å²) in [5.41, 5.74) is 6.44. The van der Waals surface area contributed by atoms with Crippen LogP contribution in [0.5, 0.6) is 0 Å². The Bertz CT molecular complexity index is 863. The number of rotatable bonds is 8. The zero-order chi connectivity index (χ0) is 25.0. The normalized spacial score (nSPS) is 18.7. The predicted octanol–water partition coefficient (Wildman–Crippen LogP) is 2.22. The molecule has 10 nitrogen and oxygen atoms in total. The molecule has 2 aliphatic rings. The number of carbonyl (C=O) groups is 3. The van der Waals surface area contributed by atoms with Crippen LogP contribution in [0.4, 0.5) is 4.79 Å². The quantitative estimate of drug-likeness (QED) is 0.305. The molecule has 2 heterocycles. The van der Waals surface area contributed by atoms with Crippen molar-refractivity contribution < 1.29 is 19.1 Å². The van der Waals surface area contributed by atoms with Crippen LogP contribution in [0.25, 0.3) is 0 Å². The molecule has 200 valence electrons. The number of amides is 3. The fourth-order valence-electron chi connectivity index (χ4n) is 4.58. The lowest BCUT2D eigenvalue weighted by atomic mass is 9.98. The number of benzene rings is 1. The van der Waals surface area contributed by atoms with Gasteiger partial charge in [-0.3, -0.25) is 15.0 Å². The molecule has 2 atom stereocenters. The minimum absolute atomic E-state index is 0. The molecule has 5 N–H and O–H groups in total. The van der Waals surface area contributed by atoms with Gasteiger partial charge in [-0.25, -0.2) is 4.79 Å². The fraction of sp³-hybridized carbons (Fsp3) is 0.600. The topological polar surface area (TPSA) is 141 Å². The Hall–Kier alpha value is -3.01. The van der Waals surface area contributed by atoms with Gasteiger partial charge >= 0.3 is 6.09 Å². The van der Waals surface area contributed by atoms with Crippen LogP contribution < -0.4 is 16.4 Å². The van der Waals surface area contributed by atoms with E-state index >= 15 is 0 Å². The molecule has 0 bridgehead atoms. The number of guanidine groups is 1. The van der Waals surface area contributed by atoms with E-state index in [1.54, 1.807) is 9.80 Å². The van der Waals surface area contributed by atoms with Gasteiger partial charge in [-0.1, -0.05) is 43.2 Å². The minimum atomic E-state index is -0.989. The Balaban J connectivity index is 0.00000456. The van der Waals surface area contributed by atoms with Crippen LogP contribution in [0.2, 0.25) is 0 Å². The molecular formula is C25H39ClN6O4. The Labute approximate surface area is 219 Å². The Morgan fingerprint density at radius 1 is 1.03 bits per heavy atom. The summed E-state index contributed by atoms with van der Waals surface area (Å²) in [4.78, 5) is 42.1. The van der Waals surface area contributed by atoms with Gasteiger partial charge in [-0.05, 0) is 37.2 Å². The molecule has 0 radical (unpaired) electrons. The fourth-order valence-corrected chi connectivity index (χ4v) is 4.58. The van der Waals surface area contributed by atoms with E-state index < -0.39 is 12.1 Å². The Kier molecular flexibility index (Phi) is 12.3. The smallest absolute Gasteiger partial charge is 0.408 e. The first kappa shape index (κ1) is 29.2. The number of carbonyl (C=O) groups excluding carboxylic acids is 3. The van der Waals surface area contributed by atoms with Gasteiger partial charge in [0.25, 0.3) is 0 Å². The zero-order valence-corrected chi connectivity index (χ0v) is 21.6. The highest BCUT2D eigenvalue weighted by Crippen LogP contribution is 2.16. The number of halogens is 1. The van der Waals surface area contributed by atoms with Crippen LogP contribution in [0.3, 0.4) is 0 Å². The predicted molar refractivity (Wildman–Crippen MR) is 140 cm³/mol. The first-order valence-electron chi connectivity index (χ1n) is 12.5. The van der Waals surface area contributed by atoms with Crippen molar-refractivity contribution in [1.82, 2.24) is 20.4 Å². The Morgan fingerprint density at radius 2 is 1.69 bits per heavy atom. The second-order valence-electron chi connectivity index (χ2n) is 9.35. The third-order valence-corrected chi connectivity index (χ3v) is 6.56. The number of nitrogens with zero attached hydrogens (tertiary/aromatic N) is 2. The van der Waals surface area contributed by atoms with Crippen molar-refractivity contribution in [3.8, 4) is 0 Å². The Morgan fingerprint density at radius 3 is 2.36 bits per heavy atom. The standard InChI is InChI=1S/C25H38N6O4.ClH/c26-24(27)31-14-8-11-20(17-31)16-28-22(32)15-21(23(33)30-12-6-1-2-7-13-30)29-25(34)35-18-19-9-4-3-5-10-19;/h3-5,9-10,20-21H,1-2,6-8,11-18H2,(H3,26,27)(H,28,32)(H,29,34);1H/t20-,21-;/m0./s1. The highest BCUT2D eigenvalue weighted by atomic mass is 35.5. The second-order valence-corrected chi connectivity index (χ2v) is 9.35. The maximum absolute atomic E-state index is 13.3. The third-order valence-electron chi connectivity index (χ3n) is 6.56. The number of ether oxygens (including phenoxy) is 1. The molecule has 1 aromatic rings. The van der Waals surface area contributed by atoms with E-state index in [-0.39, 0.29) is 49.1 Å². The average molecular weight is 523 g/mol. The van der Waals surface area contributed by atoms with E-state index in [1.807, 2.05) is 30.3 Å². The SMILES string of the molecule is Cl.N=C(N)N1CCC[C@@H](CNC(=O)C[C@H](NC(=O)OCc2ccccc2)C(=O)N2CCCCCC2)C1. The monoisotopic (exact) mass is 522 g/mol. The summed E-state index contributed by atoms with van der Waals surface area (Å²) in [6, 6.07) is 8.29. The summed E-state index contributed by atoms with van der Waals surface area (Å²) in [5.74, 6) is -0.330. The zero-order valence-electron chi connectivity index (χ0n) is 20.7. The first-order valence-corrected chi connectivity index (χ1v) is 12.5. The molecule has 1 aromatic carbocycles. The van der Waals surface area contributed by atoms with E-state index in [4.69, 9.17) is 15.9 Å². The molecule has 0 spiro atoms. The van der Waals surface area contributed by atoms with Crippen LogP contribution in [-0.4, -0.2) is 72.4 Å². The molecule has 36 heavy (non-hydrogen) atoms. The molecule has 11 heteroatoms. The number of alkyl carbamates (subject to hydrolysis) is 1. The van der Waals surface area contributed by atoms with Crippen molar-refractivity contribution >= 4 is 36.3 Å². The van der Waals surface area contributed by atoms with Crippen LogP contribution in [0.1, 0.15) is 50.5 Å². The van der Waals surface area contributed by atoms with E-state index in [0.29, 0.717) is 26.2 Å². The number of piperidine rings is 1. The van der Waals surface area contributed by atoms with E-state index in [0.717, 1.165) is 50.6 Å². The number of nitrogens with two attached hydrogens (primary N) is 1. The van der Waals surface area contributed by atoms with Gasteiger partial charge in [0, 0.05) is 32.7 Å². The highest BCUT2D eigenvalue weighted by molar-refractivity contribution is 5.91. The summed E-state index contributed by atoms with van der Waals surface area (Å²) in [5, 5.41) is 13.2. The molecule has 0 unspecified atom stereocenters. The summed E-state index contributed by atoms with van der Waals surface area (Å²) < 4.78 is 5.30. The molecular weight excluding hydrogens is 484 g/mol. The van der Waals surface area contributed by atoms with Crippen LogP contribution in [0, 0.1) is 11.3 Å². The number of nitrogens with one attached hydrogen (secondary N) is 3. The van der Waals surface area contributed by atoms with Crippen molar-refractivity contribution in [3.63, 3.8) is 0 Å². The van der Waals surface area contributed by atoms with E-state index in [2.05, 4.69) is 10.6 Å². The van der Waals surface area contributed by atoms with Gasteiger partial charge in [0.2, 0.25) is 11.8 Å². The molecule has 3 rings (SSSR count). The van der Waals surface area contributed by atoms with Crippen LogP contribution in [0.15, 0.2) is 30.3 Å². The molecule has 0 aromatic heterocycles. The summed E-state index contributed by atoms with van der Waals surface area (Å²) in [6.07, 6.45) is 4.93. The van der Waals surface area contributed by atoms with Crippen molar-refractivity contribution in [2.75, 3.05) is 32.7 Å². The molecule has 2 aliphatic heterocycles. The maximum atomic E-state index is 13.3. The van der Waals surface area contributed by atoms with Crippen molar-refractivity contribution in [1.29, 1.82) is 5.41 Å². The maximum Gasteiger partial charge on any atom is 0.408 e. The van der Waals surface area contributed by atoms with Gasteiger partial charge in [-0.15, -0.1) is 12.4 Å². The number of likely N-dealkylation sites (tertiary alicyclic amines) is 2. The van der Waals surface area contributed by atoms with Gasteiger partial charge in [0.05, 0.1) is 6.42 Å². The van der Waals surface area contributed by atoms with Gasteiger partial charge < -0.3 is 30.9 Å². The molecule has 0 saturated carbocycles. The number of hydrogen-bond acceptors (Lipinski definition) is 5. The lowest BCUT2D eigenvalue weighted by Gasteiger charge is -2.33. The molecule has 2 saturated heterocycles. The second kappa shape index (κ2) is 15.2.